The van der Waals surface area contributed by atoms with E-state index in [1.807, 2.05) is 30.3 Å². The van der Waals surface area contributed by atoms with Crippen molar-refractivity contribution in [2.45, 2.75) is 6.61 Å². The molecule has 1 heterocycles. The molecule has 0 fully saturated rings. The van der Waals surface area contributed by atoms with Crippen LogP contribution in [0.4, 0.5) is 0 Å². The zero-order valence-electron chi connectivity index (χ0n) is 13.9. The van der Waals surface area contributed by atoms with Crippen molar-refractivity contribution in [2.75, 3.05) is 13.4 Å². The third kappa shape index (κ3) is 3.83. The summed E-state index contributed by atoms with van der Waals surface area (Å²) in [6.07, 6.45) is 3.99. The number of imidazole rings is 1. The maximum absolute atomic E-state index is 11.8. The van der Waals surface area contributed by atoms with Crippen LogP contribution in [0.3, 0.4) is 0 Å². The molecule has 0 amide bonds. The van der Waals surface area contributed by atoms with Gasteiger partial charge >= 0.3 is 0 Å². The molecule has 0 bridgehead atoms. The highest BCUT2D eigenvalue weighted by atomic mass is 32.2. The number of methoxy groups -OCH3 is 1. The Kier molecular flexibility index (Phi) is 4.76. The first-order valence-electron chi connectivity index (χ1n) is 7.58. The monoisotopic (exact) mass is 358 g/mol. The first-order valence-corrected chi connectivity index (χ1v) is 9.43. The van der Waals surface area contributed by atoms with Crippen LogP contribution in [0.15, 0.2) is 60.9 Å². The fourth-order valence-electron chi connectivity index (χ4n) is 2.42. The predicted octanol–water partition coefficient (Wildman–Crippen LogP) is 2.95. The third-order valence-corrected chi connectivity index (χ3v) is 4.63. The van der Waals surface area contributed by atoms with E-state index in [0.29, 0.717) is 29.5 Å². The van der Waals surface area contributed by atoms with Gasteiger partial charge in [0.1, 0.15) is 6.61 Å². The van der Waals surface area contributed by atoms with Crippen molar-refractivity contribution in [1.82, 2.24) is 8.96 Å². The zero-order valence-corrected chi connectivity index (χ0v) is 14.7. The number of nitrogens with zero attached hydrogens (tertiary/aromatic N) is 2. The van der Waals surface area contributed by atoms with Gasteiger partial charge in [-0.2, -0.15) is 0 Å². The van der Waals surface area contributed by atoms with Crippen molar-refractivity contribution >= 4 is 10.0 Å². The van der Waals surface area contributed by atoms with E-state index in [0.717, 1.165) is 15.8 Å². The summed E-state index contributed by atoms with van der Waals surface area (Å²) in [6.45, 7) is 0.411. The molecule has 0 aliphatic rings. The lowest BCUT2D eigenvalue weighted by Crippen LogP contribution is -2.10. The Morgan fingerprint density at radius 1 is 1.08 bits per heavy atom. The molecular formula is C18H18N2O4S. The van der Waals surface area contributed by atoms with Crippen molar-refractivity contribution < 1.29 is 17.9 Å². The van der Waals surface area contributed by atoms with Gasteiger partial charge in [-0.1, -0.05) is 30.3 Å². The molecule has 2 aromatic carbocycles. The lowest BCUT2D eigenvalue weighted by atomic mass is 10.2. The van der Waals surface area contributed by atoms with E-state index in [4.69, 9.17) is 9.47 Å². The average Bonchev–Trinajstić information content (AvgIpc) is 3.11. The second-order valence-corrected chi connectivity index (χ2v) is 7.31. The molecule has 0 unspecified atom stereocenters. The van der Waals surface area contributed by atoms with Crippen molar-refractivity contribution in [2.24, 2.45) is 0 Å². The van der Waals surface area contributed by atoms with Crippen LogP contribution in [-0.4, -0.2) is 30.7 Å². The molecule has 3 aromatic rings. The van der Waals surface area contributed by atoms with Gasteiger partial charge in [-0.3, -0.25) is 0 Å². The van der Waals surface area contributed by atoms with Gasteiger partial charge in [0.15, 0.2) is 17.3 Å². The second-order valence-electron chi connectivity index (χ2n) is 5.45. The topological polar surface area (TPSA) is 70.4 Å². The van der Waals surface area contributed by atoms with E-state index >= 15 is 0 Å². The minimum Gasteiger partial charge on any atom is -0.493 e. The molecule has 0 saturated heterocycles. The third-order valence-electron chi connectivity index (χ3n) is 3.62. The predicted molar refractivity (Wildman–Crippen MR) is 95.2 cm³/mol. The molecule has 0 N–H and O–H groups in total. The van der Waals surface area contributed by atoms with E-state index < -0.39 is 10.0 Å². The normalized spacial score (nSPS) is 11.3. The summed E-state index contributed by atoms with van der Waals surface area (Å²) in [6, 6.07) is 15.0. The smallest absolute Gasteiger partial charge is 0.237 e. The first-order chi connectivity index (χ1) is 12.0. The molecule has 7 heteroatoms. The molecule has 0 aliphatic heterocycles. The Bertz CT molecular complexity index is 966. The highest BCUT2D eigenvalue weighted by Gasteiger charge is 2.15. The lowest BCUT2D eigenvalue weighted by Gasteiger charge is -2.13. The van der Waals surface area contributed by atoms with Crippen LogP contribution in [0.25, 0.3) is 11.4 Å². The van der Waals surface area contributed by atoms with Gasteiger partial charge in [0, 0.05) is 18.0 Å². The number of rotatable bonds is 6. The first kappa shape index (κ1) is 17.0. The number of hydrogen-bond donors (Lipinski definition) is 0. The Balaban J connectivity index is 1.89. The molecule has 3 rings (SSSR count). The van der Waals surface area contributed by atoms with Crippen LogP contribution < -0.4 is 9.47 Å². The largest absolute Gasteiger partial charge is 0.493 e. The van der Waals surface area contributed by atoms with Gasteiger partial charge in [-0.15, -0.1) is 0 Å². The van der Waals surface area contributed by atoms with E-state index in [2.05, 4.69) is 4.98 Å². The van der Waals surface area contributed by atoms with E-state index in [-0.39, 0.29) is 0 Å². The summed E-state index contributed by atoms with van der Waals surface area (Å²) >= 11 is 0. The van der Waals surface area contributed by atoms with Crippen LogP contribution >= 0.6 is 0 Å². The second kappa shape index (κ2) is 6.98. The van der Waals surface area contributed by atoms with Crippen molar-refractivity contribution in [3.63, 3.8) is 0 Å². The summed E-state index contributed by atoms with van der Waals surface area (Å²) in [4.78, 5) is 4.14. The van der Waals surface area contributed by atoms with Crippen LogP contribution in [0.5, 0.6) is 11.5 Å². The van der Waals surface area contributed by atoms with Gasteiger partial charge < -0.3 is 9.47 Å². The fraction of sp³-hybridized carbons (Fsp3) is 0.167. The summed E-state index contributed by atoms with van der Waals surface area (Å²) in [5.74, 6) is 1.42. The lowest BCUT2D eigenvalue weighted by molar-refractivity contribution is 0.284. The molecule has 25 heavy (non-hydrogen) atoms. The number of benzene rings is 2. The molecule has 0 saturated carbocycles. The van der Waals surface area contributed by atoms with E-state index in [1.165, 1.54) is 19.5 Å². The highest BCUT2D eigenvalue weighted by molar-refractivity contribution is 7.89. The molecule has 1 aromatic heterocycles. The zero-order chi connectivity index (χ0) is 17.9. The van der Waals surface area contributed by atoms with Crippen LogP contribution in [-0.2, 0) is 16.6 Å². The van der Waals surface area contributed by atoms with Gasteiger partial charge in [0.2, 0.25) is 10.0 Å². The summed E-state index contributed by atoms with van der Waals surface area (Å²) in [5, 5.41) is 0. The number of hydrogen-bond acceptors (Lipinski definition) is 5. The summed E-state index contributed by atoms with van der Waals surface area (Å²) in [7, 11) is -1.89. The molecule has 130 valence electrons. The molecule has 6 nitrogen and oxygen atoms in total. The molecule has 0 spiro atoms. The number of aromatic nitrogens is 2. The Hall–Kier alpha value is -2.80. The standard InChI is InChI=1S/C18H18N2O4S/c1-23-17-12-15(18-19-10-11-20(18)25(2,21)22)8-9-16(17)24-13-14-6-4-3-5-7-14/h3-12H,13H2,1-2H3. The molecule has 0 atom stereocenters. The maximum Gasteiger partial charge on any atom is 0.237 e. The van der Waals surface area contributed by atoms with Crippen molar-refractivity contribution in [3.05, 3.63) is 66.5 Å². The molecular weight excluding hydrogens is 340 g/mol. The Labute approximate surface area is 146 Å². The quantitative estimate of drug-likeness (QED) is 0.677. The summed E-state index contributed by atoms with van der Waals surface area (Å²) in [5.41, 5.74) is 1.67. The van der Waals surface area contributed by atoms with Gasteiger partial charge in [0.25, 0.3) is 0 Å². The van der Waals surface area contributed by atoms with Gasteiger partial charge in [-0.05, 0) is 23.8 Å². The number of ether oxygens (including phenoxy) is 2. The molecule has 0 aliphatic carbocycles. The van der Waals surface area contributed by atoms with E-state index in [1.54, 1.807) is 18.2 Å². The fourth-order valence-corrected chi connectivity index (χ4v) is 3.16. The maximum atomic E-state index is 11.8. The minimum absolute atomic E-state index is 0.329. The Morgan fingerprint density at radius 3 is 2.52 bits per heavy atom. The highest BCUT2D eigenvalue weighted by Crippen LogP contribution is 2.32. The van der Waals surface area contributed by atoms with Gasteiger partial charge in [0.05, 0.1) is 13.4 Å². The van der Waals surface area contributed by atoms with Crippen LogP contribution in [0.2, 0.25) is 0 Å². The Morgan fingerprint density at radius 2 is 1.84 bits per heavy atom. The summed E-state index contributed by atoms with van der Waals surface area (Å²) < 4.78 is 36.0. The van der Waals surface area contributed by atoms with E-state index in [9.17, 15) is 8.42 Å². The van der Waals surface area contributed by atoms with Crippen LogP contribution in [0.1, 0.15) is 5.56 Å². The van der Waals surface area contributed by atoms with Crippen molar-refractivity contribution in [3.8, 4) is 22.9 Å². The van der Waals surface area contributed by atoms with Crippen LogP contribution in [0, 0.1) is 0 Å². The molecule has 0 radical (unpaired) electrons. The SMILES string of the molecule is COc1cc(-c2nccn2S(C)(=O)=O)ccc1OCc1ccccc1. The average molecular weight is 358 g/mol. The van der Waals surface area contributed by atoms with Gasteiger partial charge in [-0.25, -0.2) is 17.4 Å². The van der Waals surface area contributed by atoms with Crippen molar-refractivity contribution in [1.29, 1.82) is 0 Å². The minimum atomic E-state index is -3.43.